The number of carboxylic acid groups (broad SMARTS) is 1. The molecule has 0 radical (unpaired) electrons. The monoisotopic (exact) mass is 399 g/mol. The van der Waals surface area contributed by atoms with Gasteiger partial charge in [0, 0.05) is 6.54 Å². The summed E-state index contributed by atoms with van der Waals surface area (Å²) in [4.78, 5) is 24.9. The van der Waals surface area contributed by atoms with Crippen LogP contribution >= 0.6 is 24.0 Å². The van der Waals surface area contributed by atoms with Crippen LogP contribution in [0.25, 0.3) is 6.08 Å². The van der Waals surface area contributed by atoms with Gasteiger partial charge < -0.3 is 9.84 Å². The summed E-state index contributed by atoms with van der Waals surface area (Å²) in [7, 11) is 0. The Kier molecular flexibility index (Phi) is 6.26. The minimum absolute atomic E-state index is 0.0869. The number of carbonyl (C=O) groups is 2. The molecule has 1 heterocycles. The quantitative estimate of drug-likeness (QED) is 0.562. The molecule has 0 spiro atoms. The lowest BCUT2D eigenvalue weighted by Gasteiger charge is -2.12. The van der Waals surface area contributed by atoms with E-state index in [4.69, 9.17) is 22.1 Å². The number of benzene rings is 2. The van der Waals surface area contributed by atoms with Crippen molar-refractivity contribution in [2.45, 2.75) is 13.0 Å². The van der Waals surface area contributed by atoms with Crippen LogP contribution in [0.1, 0.15) is 17.5 Å². The molecule has 0 saturated carbocycles. The average molecular weight is 399 g/mol. The van der Waals surface area contributed by atoms with E-state index in [2.05, 4.69) is 0 Å². The molecule has 1 aliphatic rings. The van der Waals surface area contributed by atoms with Crippen LogP contribution in [0.2, 0.25) is 0 Å². The van der Waals surface area contributed by atoms with Crippen LogP contribution in [0, 0.1) is 0 Å². The zero-order valence-corrected chi connectivity index (χ0v) is 16.0. The fourth-order valence-corrected chi connectivity index (χ4v) is 3.76. The predicted octanol–water partition coefficient (Wildman–Crippen LogP) is 3.94. The molecule has 1 fully saturated rings. The van der Waals surface area contributed by atoms with Crippen molar-refractivity contribution in [1.82, 2.24) is 4.90 Å². The highest BCUT2D eigenvalue weighted by molar-refractivity contribution is 8.26. The minimum atomic E-state index is -0.959. The first-order valence-corrected chi connectivity index (χ1v) is 9.49. The van der Waals surface area contributed by atoms with Crippen LogP contribution < -0.4 is 4.74 Å². The smallest absolute Gasteiger partial charge is 0.305 e. The number of carbonyl (C=O) groups excluding carboxylic acids is 1. The molecule has 1 aliphatic heterocycles. The Morgan fingerprint density at radius 2 is 1.85 bits per heavy atom. The molecule has 2 aromatic carbocycles. The Morgan fingerprint density at radius 1 is 1.15 bits per heavy atom. The highest BCUT2D eigenvalue weighted by atomic mass is 32.2. The Bertz CT molecular complexity index is 879. The van der Waals surface area contributed by atoms with Crippen LogP contribution in [-0.4, -0.2) is 32.7 Å². The Balaban J connectivity index is 1.62. The Morgan fingerprint density at radius 3 is 2.52 bits per heavy atom. The number of ether oxygens (including phenoxy) is 1. The lowest BCUT2D eigenvalue weighted by atomic mass is 10.2. The molecule has 0 bridgehead atoms. The Labute approximate surface area is 166 Å². The summed E-state index contributed by atoms with van der Waals surface area (Å²) < 4.78 is 6.13. The molecule has 0 aliphatic carbocycles. The third-order valence-corrected chi connectivity index (χ3v) is 5.23. The second-order valence-electron chi connectivity index (χ2n) is 5.82. The first-order valence-electron chi connectivity index (χ1n) is 8.27. The van der Waals surface area contributed by atoms with Crippen molar-refractivity contribution in [2.24, 2.45) is 0 Å². The molecule has 138 valence electrons. The number of carboxylic acids is 1. The summed E-state index contributed by atoms with van der Waals surface area (Å²) >= 11 is 6.36. The van der Waals surface area contributed by atoms with Crippen molar-refractivity contribution in [2.75, 3.05) is 6.54 Å². The highest BCUT2D eigenvalue weighted by Gasteiger charge is 2.31. The van der Waals surface area contributed by atoms with E-state index in [0.29, 0.717) is 15.8 Å². The van der Waals surface area contributed by atoms with Crippen LogP contribution in [0.5, 0.6) is 5.75 Å². The van der Waals surface area contributed by atoms with Gasteiger partial charge in [-0.3, -0.25) is 14.5 Å². The normalized spacial score (nSPS) is 15.4. The average Bonchev–Trinajstić information content (AvgIpc) is 2.93. The summed E-state index contributed by atoms with van der Waals surface area (Å²) in [6.45, 7) is 0.575. The number of hydrogen-bond donors (Lipinski definition) is 1. The predicted molar refractivity (Wildman–Crippen MR) is 109 cm³/mol. The lowest BCUT2D eigenvalue weighted by Crippen LogP contribution is -2.30. The van der Waals surface area contributed by atoms with Gasteiger partial charge in [0.15, 0.2) is 0 Å². The van der Waals surface area contributed by atoms with Crippen LogP contribution in [0.15, 0.2) is 59.5 Å². The highest BCUT2D eigenvalue weighted by Crippen LogP contribution is 2.32. The Hall–Kier alpha value is -2.64. The van der Waals surface area contributed by atoms with E-state index in [9.17, 15) is 9.59 Å². The van der Waals surface area contributed by atoms with Gasteiger partial charge >= 0.3 is 5.97 Å². The van der Waals surface area contributed by atoms with Crippen molar-refractivity contribution in [1.29, 1.82) is 0 Å². The number of hydrogen-bond acceptors (Lipinski definition) is 5. The van der Waals surface area contributed by atoms with E-state index in [-0.39, 0.29) is 18.9 Å². The zero-order chi connectivity index (χ0) is 19.2. The number of aliphatic carboxylic acids is 1. The molecule has 1 N–H and O–H groups in total. The van der Waals surface area contributed by atoms with Crippen molar-refractivity contribution < 1.29 is 19.4 Å². The molecule has 27 heavy (non-hydrogen) atoms. The first-order chi connectivity index (χ1) is 13.0. The maximum absolute atomic E-state index is 12.4. The second kappa shape index (κ2) is 8.83. The number of thiocarbonyl (C=S) groups is 1. The molecule has 0 unspecified atom stereocenters. The molecule has 0 atom stereocenters. The first kappa shape index (κ1) is 19.1. The van der Waals surface area contributed by atoms with Gasteiger partial charge in [-0.15, -0.1) is 0 Å². The SMILES string of the molecule is O=C(O)CCN1C(=O)/C(=C\c2ccc(OCc3ccccc3)cc2)SC1=S. The molecule has 1 amide bonds. The second-order valence-corrected chi connectivity index (χ2v) is 7.50. The lowest BCUT2D eigenvalue weighted by molar-refractivity contribution is -0.137. The van der Waals surface area contributed by atoms with Gasteiger partial charge in [-0.05, 0) is 29.3 Å². The molecule has 1 saturated heterocycles. The van der Waals surface area contributed by atoms with Gasteiger partial charge in [-0.2, -0.15) is 0 Å². The van der Waals surface area contributed by atoms with Crippen LogP contribution in [0.4, 0.5) is 0 Å². The minimum Gasteiger partial charge on any atom is -0.489 e. The fourth-order valence-electron chi connectivity index (χ4n) is 2.45. The largest absolute Gasteiger partial charge is 0.489 e. The van der Waals surface area contributed by atoms with Crippen LogP contribution in [-0.2, 0) is 16.2 Å². The molecule has 0 aromatic heterocycles. The van der Waals surface area contributed by atoms with Crippen LogP contribution in [0.3, 0.4) is 0 Å². The van der Waals surface area contributed by atoms with Crippen molar-refractivity contribution >= 4 is 46.3 Å². The van der Waals surface area contributed by atoms with Gasteiger partial charge in [0.05, 0.1) is 11.3 Å². The van der Waals surface area contributed by atoms with Gasteiger partial charge in [0.25, 0.3) is 5.91 Å². The van der Waals surface area contributed by atoms with Gasteiger partial charge in [-0.1, -0.05) is 66.4 Å². The topological polar surface area (TPSA) is 66.8 Å². The molecule has 2 aromatic rings. The van der Waals surface area contributed by atoms with Gasteiger partial charge in [0.1, 0.15) is 16.7 Å². The summed E-state index contributed by atoms with van der Waals surface area (Å²) in [6.07, 6.45) is 1.62. The number of amides is 1. The fraction of sp³-hybridized carbons (Fsp3) is 0.150. The zero-order valence-electron chi connectivity index (χ0n) is 14.3. The molecule has 5 nitrogen and oxygen atoms in total. The molecular weight excluding hydrogens is 382 g/mol. The van der Waals surface area contributed by atoms with Crippen molar-refractivity contribution in [3.8, 4) is 5.75 Å². The number of rotatable bonds is 7. The third-order valence-electron chi connectivity index (χ3n) is 3.85. The van der Waals surface area contributed by atoms with E-state index in [1.54, 1.807) is 6.08 Å². The maximum Gasteiger partial charge on any atom is 0.305 e. The summed E-state index contributed by atoms with van der Waals surface area (Å²) in [5.41, 5.74) is 1.94. The standard InChI is InChI=1S/C20H17NO4S2/c22-18(23)10-11-21-19(24)17(27-20(21)26)12-14-6-8-16(9-7-14)25-13-15-4-2-1-3-5-15/h1-9,12H,10-11,13H2,(H,22,23)/b17-12+. The molecule has 3 rings (SSSR count). The number of nitrogens with zero attached hydrogens (tertiary/aromatic N) is 1. The third kappa shape index (κ3) is 5.18. The summed E-state index contributed by atoms with van der Waals surface area (Å²) in [5, 5.41) is 8.78. The van der Waals surface area contributed by atoms with Crippen molar-refractivity contribution in [3.63, 3.8) is 0 Å². The maximum atomic E-state index is 12.4. The van der Waals surface area contributed by atoms with Gasteiger partial charge in [0.2, 0.25) is 0 Å². The summed E-state index contributed by atoms with van der Waals surface area (Å²) in [6, 6.07) is 17.3. The molecular formula is C20H17NO4S2. The van der Waals surface area contributed by atoms with E-state index in [1.807, 2.05) is 54.6 Å². The van der Waals surface area contributed by atoms with Gasteiger partial charge in [-0.25, -0.2) is 0 Å². The summed E-state index contributed by atoms with van der Waals surface area (Å²) in [5.74, 6) is -0.472. The van der Waals surface area contributed by atoms with Crippen molar-refractivity contribution in [3.05, 3.63) is 70.6 Å². The molecule has 7 heteroatoms. The number of thioether (sulfide) groups is 1. The van der Waals surface area contributed by atoms with E-state index in [0.717, 1.165) is 16.9 Å². The van der Waals surface area contributed by atoms with E-state index >= 15 is 0 Å². The van der Waals surface area contributed by atoms with E-state index < -0.39 is 5.97 Å². The van der Waals surface area contributed by atoms with E-state index in [1.165, 1.54) is 16.7 Å².